The molecule has 2 aliphatic carbocycles. The van der Waals surface area contributed by atoms with Crippen LogP contribution in [0.5, 0.6) is 0 Å². The van der Waals surface area contributed by atoms with Gasteiger partial charge in [-0.1, -0.05) is 29.8 Å². The number of carbonyl (C=O) groups excluding carboxylic acids is 1. The van der Waals surface area contributed by atoms with E-state index in [2.05, 4.69) is 10.3 Å². The minimum absolute atomic E-state index is 0.0311. The molecule has 0 unspecified atom stereocenters. The van der Waals surface area contributed by atoms with E-state index < -0.39 is 0 Å². The number of benzene rings is 1. The standard InChI is InChI=1S/C16H15ClN2OS/c17-12-5-2-1-4-9(12)10-8-11(10)15(20)19-16-18-13-6-3-7-14(13)21-16/h1-2,4-5,10-11H,3,6-8H2,(H,18,19,20)/t10-,11+/m0/s1. The van der Waals surface area contributed by atoms with Crippen LogP contribution in [0.1, 0.15) is 34.9 Å². The molecule has 0 spiro atoms. The van der Waals surface area contributed by atoms with Crippen LogP contribution >= 0.6 is 22.9 Å². The Bertz CT molecular complexity index is 691. The minimum atomic E-state index is 0.0311. The molecule has 4 rings (SSSR count). The van der Waals surface area contributed by atoms with Gasteiger partial charge in [0.15, 0.2) is 5.13 Å². The van der Waals surface area contributed by atoms with Crippen LogP contribution < -0.4 is 5.32 Å². The van der Waals surface area contributed by atoms with Crippen LogP contribution in [-0.4, -0.2) is 10.9 Å². The number of rotatable bonds is 3. The molecular formula is C16H15ClN2OS. The normalized spacial score (nSPS) is 22.9. The predicted octanol–water partition coefficient (Wildman–Crippen LogP) is 4.03. The van der Waals surface area contributed by atoms with E-state index in [1.54, 1.807) is 11.3 Å². The lowest BCUT2D eigenvalue weighted by Crippen LogP contribution is -2.14. The Balaban J connectivity index is 1.44. The molecule has 1 fully saturated rings. The molecule has 0 bridgehead atoms. The van der Waals surface area contributed by atoms with Crippen molar-refractivity contribution in [2.45, 2.75) is 31.6 Å². The lowest BCUT2D eigenvalue weighted by molar-refractivity contribution is -0.117. The van der Waals surface area contributed by atoms with Gasteiger partial charge >= 0.3 is 0 Å². The van der Waals surface area contributed by atoms with Gasteiger partial charge in [-0.15, -0.1) is 11.3 Å². The van der Waals surface area contributed by atoms with Crippen LogP contribution in [0, 0.1) is 5.92 Å². The van der Waals surface area contributed by atoms with Gasteiger partial charge in [-0.05, 0) is 43.2 Å². The van der Waals surface area contributed by atoms with Crippen LogP contribution in [0.3, 0.4) is 0 Å². The first-order chi connectivity index (χ1) is 10.2. The molecule has 5 heteroatoms. The maximum atomic E-state index is 12.3. The zero-order chi connectivity index (χ0) is 14.4. The van der Waals surface area contributed by atoms with Crippen molar-refractivity contribution in [1.82, 2.24) is 4.98 Å². The second kappa shape index (κ2) is 5.11. The predicted molar refractivity (Wildman–Crippen MR) is 85.1 cm³/mol. The van der Waals surface area contributed by atoms with Crippen LogP contribution in [0.2, 0.25) is 5.02 Å². The van der Waals surface area contributed by atoms with Gasteiger partial charge in [0, 0.05) is 15.8 Å². The third-order valence-corrected chi connectivity index (χ3v) is 5.67. The number of hydrogen-bond acceptors (Lipinski definition) is 3. The van der Waals surface area contributed by atoms with Gasteiger partial charge in [-0.25, -0.2) is 4.98 Å². The highest BCUT2D eigenvalue weighted by Gasteiger charge is 2.45. The molecule has 0 radical (unpaired) electrons. The Morgan fingerprint density at radius 1 is 1.33 bits per heavy atom. The van der Waals surface area contributed by atoms with E-state index in [-0.39, 0.29) is 17.7 Å². The van der Waals surface area contributed by atoms with Crippen molar-refractivity contribution in [3.63, 3.8) is 0 Å². The number of aryl methyl sites for hydroxylation is 2. The van der Waals surface area contributed by atoms with E-state index in [0.717, 1.165) is 35.0 Å². The highest BCUT2D eigenvalue weighted by molar-refractivity contribution is 7.15. The van der Waals surface area contributed by atoms with E-state index in [9.17, 15) is 4.79 Å². The minimum Gasteiger partial charge on any atom is -0.302 e. The van der Waals surface area contributed by atoms with Crippen LogP contribution in [0.25, 0.3) is 0 Å². The second-order valence-electron chi connectivity index (χ2n) is 5.70. The zero-order valence-corrected chi connectivity index (χ0v) is 13.0. The fourth-order valence-corrected chi connectivity index (χ4v) is 4.37. The van der Waals surface area contributed by atoms with Crippen molar-refractivity contribution in [2.24, 2.45) is 5.92 Å². The van der Waals surface area contributed by atoms with Crippen molar-refractivity contribution < 1.29 is 4.79 Å². The molecule has 108 valence electrons. The van der Waals surface area contributed by atoms with Gasteiger partial charge < -0.3 is 5.32 Å². The van der Waals surface area contributed by atoms with Crippen LogP contribution in [0.4, 0.5) is 5.13 Å². The first-order valence-electron chi connectivity index (χ1n) is 7.26. The lowest BCUT2D eigenvalue weighted by atomic mass is 10.1. The third-order valence-electron chi connectivity index (χ3n) is 4.26. The molecule has 1 aromatic carbocycles. The first-order valence-corrected chi connectivity index (χ1v) is 8.45. The summed E-state index contributed by atoms with van der Waals surface area (Å²) in [5, 5.41) is 4.49. The first kappa shape index (κ1) is 13.3. The topological polar surface area (TPSA) is 42.0 Å². The molecular weight excluding hydrogens is 304 g/mol. The summed E-state index contributed by atoms with van der Waals surface area (Å²) in [6.07, 6.45) is 4.22. The lowest BCUT2D eigenvalue weighted by Gasteiger charge is -2.03. The van der Waals surface area contributed by atoms with Gasteiger partial charge in [-0.3, -0.25) is 4.79 Å². The molecule has 3 nitrogen and oxygen atoms in total. The van der Waals surface area contributed by atoms with E-state index in [1.807, 2.05) is 24.3 Å². The van der Waals surface area contributed by atoms with E-state index in [4.69, 9.17) is 11.6 Å². The van der Waals surface area contributed by atoms with Crippen molar-refractivity contribution >= 4 is 34.0 Å². The number of halogens is 1. The third kappa shape index (κ3) is 2.47. The number of carbonyl (C=O) groups is 1. The van der Waals surface area contributed by atoms with Crippen molar-refractivity contribution in [1.29, 1.82) is 0 Å². The Morgan fingerprint density at radius 3 is 3.00 bits per heavy atom. The number of anilines is 1. The number of nitrogens with one attached hydrogen (secondary N) is 1. The van der Waals surface area contributed by atoms with Crippen molar-refractivity contribution in [3.05, 3.63) is 45.4 Å². The van der Waals surface area contributed by atoms with Crippen LogP contribution in [-0.2, 0) is 17.6 Å². The maximum Gasteiger partial charge on any atom is 0.229 e. The van der Waals surface area contributed by atoms with Gasteiger partial charge in [0.25, 0.3) is 0 Å². The fourth-order valence-electron chi connectivity index (χ4n) is 3.05. The summed E-state index contributed by atoms with van der Waals surface area (Å²) in [5.41, 5.74) is 2.26. The molecule has 0 saturated heterocycles. The van der Waals surface area contributed by atoms with Gasteiger partial charge in [-0.2, -0.15) is 0 Å². The fraction of sp³-hybridized carbons (Fsp3) is 0.375. The summed E-state index contributed by atoms with van der Waals surface area (Å²) in [5.74, 6) is 0.362. The zero-order valence-electron chi connectivity index (χ0n) is 11.4. The molecule has 1 amide bonds. The second-order valence-corrected chi connectivity index (χ2v) is 7.19. The molecule has 2 atom stereocenters. The molecule has 0 aliphatic heterocycles. The number of hydrogen-bond donors (Lipinski definition) is 1. The highest BCUT2D eigenvalue weighted by atomic mass is 35.5. The summed E-state index contributed by atoms with van der Waals surface area (Å²) in [7, 11) is 0. The average Bonchev–Trinajstić information content (AvgIpc) is 2.99. The number of nitrogens with zero attached hydrogens (tertiary/aromatic N) is 1. The van der Waals surface area contributed by atoms with Gasteiger partial charge in [0.1, 0.15) is 0 Å². The molecule has 21 heavy (non-hydrogen) atoms. The molecule has 1 saturated carbocycles. The molecule has 2 aliphatic rings. The maximum absolute atomic E-state index is 12.3. The number of thiazole rings is 1. The molecule has 1 N–H and O–H groups in total. The summed E-state index contributed by atoms with van der Waals surface area (Å²) in [6, 6.07) is 7.79. The molecule has 1 heterocycles. The largest absolute Gasteiger partial charge is 0.302 e. The van der Waals surface area contributed by atoms with E-state index in [1.165, 1.54) is 17.0 Å². The average molecular weight is 319 g/mol. The highest BCUT2D eigenvalue weighted by Crippen LogP contribution is 2.50. The quantitative estimate of drug-likeness (QED) is 0.928. The van der Waals surface area contributed by atoms with Gasteiger partial charge in [0.2, 0.25) is 5.91 Å². The van der Waals surface area contributed by atoms with Crippen molar-refractivity contribution in [3.8, 4) is 0 Å². The number of amides is 1. The Hall–Kier alpha value is -1.39. The van der Waals surface area contributed by atoms with E-state index in [0.29, 0.717) is 0 Å². The van der Waals surface area contributed by atoms with Crippen molar-refractivity contribution in [2.75, 3.05) is 5.32 Å². The Kier molecular flexibility index (Phi) is 3.23. The SMILES string of the molecule is O=C(Nc1nc2c(s1)CCC2)[C@@H]1C[C@H]1c1ccccc1Cl. The van der Waals surface area contributed by atoms with Gasteiger partial charge in [0.05, 0.1) is 5.69 Å². The van der Waals surface area contributed by atoms with Crippen LogP contribution in [0.15, 0.2) is 24.3 Å². The monoisotopic (exact) mass is 318 g/mol. The summed E-state index contributed by atoms with van der Waals surface area (Å²) < 4.78 is 0. The summed E-state index contributed by atoms with van der Waals surface area (Å²) >= 11 is 7.82. The Morgan fingerprint density at radius 2 is 2.19 bits per heavy atom. The van der Waals surface area contributed by atoms with E-state index >= 15 is 0 Å². The molecule has 1 aromatic heterocycles. The summed E-state index contributed by atoms with van der Waals surface area (Å²) in [4.78, 5) is 18.2. The smallest absolute Gasteiger partial charge is 0.229 e. The number of fused-ring (bicyclic) bond motifs is 1. The molecule has 2 aromatic rings. The Labute approximate surface area is 132 Å². The number of aromatic nitrogens is 1. The summed E-state index contributed by atoms with van der Waals surface area (Å²) in [6.45, 7) is 0.